The highest BCUT2D eigenvalue weighted by molar-refractivity contribution is 7.89. The summed E-state index contributed by atoms with van der Waals surface area (Å²) in [6, 6.07) is 16.3. The van der Waals surface area contributed by atoms with E-state index in [0.717, 1.165) is 5.56 Å². The molecule has 3 aromatic rings. The molecule has 0 spiro atoms. The zero-order chi connectivity index (χ0) is 17.0. The Balaban J connectivity index is 1.63. The molecule has 0 aliphatic rings. The van der Waals surface area contributed by atoms with Crippen LogP contribution in [-0.4, -0.2) is 25.2 Å². The summed E-state index contributed by atoms with van der Waals surface area (Å²) >= 11 is 0. The molecule has 0 unspecified atom stereocenters. The first-order valence-electron chi connectivity index (χ1n) is 7.49. The van der Waals surface area contributed by atoms with E-state index in [-0.39, 0.29) is 11.4 Å². The van der Waals surface area contributed by atoms with Crippen molar-refractivity contribution < 1.29 is 12.8 Å². The molecule has 1 heterocycles. The maximum Gasteiger partial charge on any atom is 0.247 e. The Morgan fingerprint density at radius 1 is 1.00 bits per heavy atom. The molecule has 124 valence electrons. The predicted molar refractivity (Wildman–Crippen MR) is 89.8 cm³/mol. The Morgan fingerprint density at radius 2 is 1.71 bits per heavy atom. The van der Waals surface area contributed by atoms with Gasteiger partial charge in [0.05, 0.1) is 4.90 Å². The third kappa shape index (κ3) is 3.69. The fourth-order valence-electron chi connectivity index (χ4n) is 2.28. The first-order valence-corrected chi connectivity index (χ1v) is 8.98. The lowest BCUT2D eigenvalue weighted by atomic mass is 10.2. The van der Waals surface area contributed by atoms with Gasteiger partial charge in [0.2, 0.25) is 21.8 Å². The summed E-state index contributed by atoms with van der Waals surface area (Å²) in [4.78, 5) is 0.278. The molecular formula is C17H17N3O3S. The van der Waals surface area contributed by atoms with E-state index in [1.54, 1.807) is 31.2 Å². The molecule has 0 amide bonds. The molecule has 0 saturated carbocycles. The van der Waals surface area contributed by atoms with E-state index in [0.29, 0.717) is 23.8 Å². The van der Waals surface area contributed by atoms with E-state index < -0.39 is 10.0 Å². The normalized spacial score (nSPS) is 11.5. The number of hydrogen-bond donors (Lipinski definition) is 1. The van der Waals surface area contributed by atoms with E-state index in [1.807, 2.05) is 30.3 Å². The lowest BCUT2D eigenvalue weighted by molar-refractivity contribution is 0.502. The summed E-state index contributed by atoms with van der Waals surface area (Å²) in [5.74, 6) is 0.814. The van der Waals surface area contributed by atoms with Crippen LogP contribution >= 0.6 is 0 Å². The van der Waals surface area contributed by atoms with Gasteiger partial charge in [-0.15, -0.1) is 10.2 Å². The van der Waals surface area contributed by atoms with Gasteiger partial charge in [-0.1, -0.05) is 36.4 Å². The highest BCUT2D eigenvalue weighted by Gasteiger charge is 2.16. The molecule has 24 heavy (non-hydrogen) atoms. The topological polar surface area (TPSA) is 85.1 Å². The van der Waals surface area contributed by atoms with Crippen molar-refractivity contribution in [2.45, 2.75) is 18.2 Å². The van der Waals surface area contributed by atoms with Crippen LogP contribution in [0.5, 0.6) is 0 Å². The van der Waals surface area contributed by atoms with Gasteiger partial charge in [0.1, 0.15) is 0 Å². The van der Waals surface area contributed by atoms with Crippen LogP contribution in [0.4, 0.5) is 0 Å². The number of sulfonamides is 1. The lowest BCUT2D eigenvalue weighted by Crippen LogP contribution is -2.26. The van der Waals surface area contributed by atoms with Gasteiger partial charge in [-0.2, -0.15) is 0 Å². The van der Waals surface area contributed by atoms with Crippen LogP contribution in [0.1, 0.15) is 11.5 Å². The summed E-state index contributed by atoms with van der Waals surface area (Å²) in [7, 11) is -3.55. The minimum atomic E-state index is -3.55. The average molecular weight is 343 g/mol. The second-order valence-electron chi connectivity index (χ2n) is 5.28. The molecular weight excluding hydrogens is 326 g/mol. The van der Waals surface area contributed by atoms with Gasteiger partial charge in [-0.25, -0.2) is 13.1 Å². The molecule has 2 aromatic carbocycles. The van der Waals surface area contributed by atoms with Crippen molar-refractivity contribution in [3.8, 4) is 11.5 Å². The number of rotatable bonds is 6. The first-order chi connectivity index (χ1) is 11.6. The molecule has 7 heteroatoms. The SMILES string of the molecule is Cc1ccccc1S(=O)(=O)NCCc1nnc(-c2ccccc2)o1. The van der Waals surface area contributed by atoms with Gasteiger partial charge >= 0.3 is 0 Å². The Labute approximate surface area is 140 Å². The fourth-order valence-corrected chi connectivity index (χ4v) is 3.56. The Morgan fingerprint density at radius 3 is 2.46 bits per heavy atom. The lowest BCUT2D eigenvalue weighted by Gasteiger charge is -2.07. The summed E-state index contributed by atoms with van der Waals surface area (Å²) in [5.41, 5.74) is 1.53. The zero-order valence-corrected chi connectivity index (χ0v) is 14.0. The van der Waals surface area contributed by atoms with Gasteiger partial charge in [0, 0.05) is 18.5 Å². The molecule has 3 rings (SSSR count). The predicted octanol–water partition coefficient (Wildman–Crippen LogP) is 2.57. The number of aryl methyl sites for hydroxylation is 1. The van der Waals surface area contributed by atoms with Gasteiger partial charge in [0.25, 0.3) is 0 Å². The maximum absolute atomic E-state index is 12.3. The van der Waals surface area contributed by atoms with Gasteiger partial charge in [0.15, 0.2) is 0 Å². The van der Waals surface area contributed by atoms with Crippen LogP contribution < -0.4 is 4.72 Å². The molecule has 0 saturated heterocycles. The van der Waals surface area contributed by atoms with Crippen molar-refractivity contribution in [3.05, 3.63) is 66.1 Å². The quantitative estimate of drug-likeness (QED) is 0.743. The summed E-state index contributed by atoms with van der Waals surface area (Å²) < 4.78 is 32.7. The van der Waals surface area contributed by atoms with E-state index in [1.165, 1.54) is 0 Å². The third-order valence-corrected chi connectivity index (χ3v) is 5.12. The fraction of sp³-hybridized carbons (Fsp3) is 0.176. The smallest absolute Gasteiger partial charge is 0.247 e. The highest BCUT2D eigenvalue weighted by atomic mass is 32.2. The second kappa shape index (κ2) is 6.94. The number of aromatic nitrogens is 2. The molecule has 1 N–H and O–H groups in total. The summed E-state index contributed by atoms with van der Waals surface area (Å²) in [6.45, 7) is 1.95. The minimum Gasteiger partial charge on any atom is -0.421 e. The first kappa shape index (κ1) is 16.4. The summed E-state index contributed by atoms with van der Waals surface area (Å²) in [6.07, 6.45) is 0.324. The monoisotopic (exact) mass is 343 g/mol. The molecule has 1 aromatic heterocycles. The van der Waals surface area contributed by atoms with Crippen LogP contribution in [0.25, 0.3) is 11.5 Å². The number of nitrogens with zero attached hydrogens (tertiary/aromatic N) is 2. The van der Waals surface area contributed by atoms with Crippen LogP contribution in [-0.2, 0) is 16.4 Å². The van der Waals surface area contributed by atoms with E-state index in [9.17, 15) is 8.42 Å². The molecule has 0 atom stereocenters. The summed E-state index contributed by atoms with van der Waals surface area (Å²) in [5, 5.41) is 7.93. The minimum absolute atomic E-state index is 0.188. The molecule has 0 radical (unpaired) electrons. The van der Waals surface area contributed by atoms with Gasteiger partial charge in [-0.3, -0.25) is 0 Å². The largest absolute Gasteiger partial charge is 0.421 e. The second-order valence-corrected chi connectivity index (χ2v) is 7.02. The molecule has 0 aliphatic heterocycles. The van der Waals surface area contributed by atoms with Crippen molar-refractivity contribution in [3.63, 3.8) is 0 Å². The Hall–Kier alpha value is -2.51. The number of nitrogens with one attached hydrogen (secondary N) is 1. The van der Waals surface area contributed by atoms with E-state index >= 15 is 0 Å². The van der Waals surface area contributed by atoms with Crippen molar-refractivity contribution >= 4 is 10.0 Å². The number of benzene rings is 2. The molecule has 6 nitrogen and oxygen atoms in total. The van der Waals surface area contributed by atoms with Crippen LogP contribution in [0.2, 0.25) is 0 Å². The Kier molecular flexibility index (Phi) is 4.73. The van der Waals surface area contributed by atoms with Crippen LogP contribution in [0.3, 0.4) is 0 Å². The molecule has 0 aliphatic carbocycles. The molecule has 0 bridgehead atoms. The van der Waals surface area contributed by atoms with Gasteiger partial charge < -0.3 is 4.42 Å². The van der Waals surface area contributed by atoms with Crippen LogP contribution in [0.15, 0.2) is 63.9 Å². The zero-order valence-electron chi connectivity index (χ0n) is 13.1. The standard InChI is InChI=1S/C17H17N3O3S/c1-13-7-5-6-10-15(13)24(21,22)18-12-11-16-19-20-17(23-16)14-8-3-2-4-9-14/h2-10,18H,11-12H2,1H3. The van der Waals surface area contributed by atoms with Crippen molar-refractivity contribution in [2.75, 3.05) is 6.54 Å². The molecule has 0 fully saturated rings. The van der Waals surface area contributed by atoms with Gasteiger partial charge in [-0.05, 0) is 30.7 Å². The van der Waals surface area contributed by atoms with Crippen molar-refractivity contribution in [2.24, 2.45) is 0 Å². The highest BCUT2D eigenvalue weighted by Crippen LogP contribution is 2.17. The van der Waals surface area contributed by atoms with Crippen LogP contribution in [0, 0.1) is 6.92 Å². The van der Waals surface area contributed by atoms with E-state index in [2.05, 4.69) is 14.9 Å². The number of hydrogen-bond acceptors (Lipinski definition) is 5. The maximum atomic E-state index is 12.3. The van der Waals surface area contributed by atoms with Crippen molar-refractivity contribution in [1.29, 1.82) is 0 Å². The van der Waals surface area contributed by atoms with Crippen molar-refractivity contribution in [1.82, 2.24) is 14.9 Å². The van der Waals surface area contributed by atoms with E-state index in [4.69, 9.17) is 4.42 Å². The third-order valence-electron chi connectivity index (χ3n) is 3.50. The average Bonchev–Trinajstić information content (AvgIpc) is 3.05. The Bertz CT molecular complexity index is 921.